The van der Waals surface area contributed by atoms with E-state index in [1.165, 1.54) is 19.3 Å². The van der Waals surface area contributed by atoms with Crippen molar-refractivity contribution in [3.05, 3.63) is 71.0 Å². The number of benzene rings is 2. The fraction of sp³-hybridized carbons (Fsp3) is 0.429. The molecule has 178 valence electrons. The molecule has 3 aromatic rings. The summed E-state index contributed by atoms with van der Waals surface area (Å²) in [7, 11) is -3.26. The maximum absolute atomic E-state index is 12.9. The lowest BCUT2D eigenvalue weighted by Crippen LogP contribution is -2.14. The summed E-state index contributed by atoms with van der Waals surface area (Å²) < 4.78 is 25.6. The molecule has 1 aromatic heterocycles. The van der Waals surface area contributed by atoms with Crippen molar-refractivity contribution in [3.63, 3.8) is 0 Å². The van der Waals surface area contributed by atoms with Crippen molar-refractivity contribution in [2.75, 3.05) is 5.75 Å². The van der Waals surface area contributed by atoms with E-state index < -0.39 is 9.84 Å². The second-order valence-corrected chi connectivity index (χ2v) is 12.5. The SMILES string of the molecule is O=C(Cc1ccc2cncc(Cl)c2c1)C1CC1c1ccc(S(=O)(=O)CCC2CCCCC2)cc1. The van der Waals surface area contributed by atoms with Gasteiger partial charge in [-0.05, 0) is 54.0 Å². The highest BCUT2D eigenvalue weighted by molar-refractivity contribution is 7.91. The quantitative estimate of drug-likeness (QED) is 0.355. The van der Waals surface area contributed by atoms with Crippen LogP contribution in [-0.4, -0.2) is 24.9 Å². The van der Waals surface area contributed by atoms with E-state index in [1.54, 1.807) is 24.5 Å². The molecule has 1 heterocycles. The summed E-state index contributed by atoms with van der Waals surface area (Å²) in [6, 6.07) is 13.1. The first-order valence-electron chi connectivity index (χ1n) is 12.3. The molecule has 0 N–H and O–H groups in total. The van der Waals surface area contributed by atoms with E-state index in [9.17, 15) is 13.2 Å². The van der Waals surface area contributed by atoms with E-state index >= 15 is 0 Å². The molecule has 0 amide bonds. The number of nitrogens with zero attached hydrogens (tertiary/aromatic N) is 1. The van der Waals surface area contributed by atoms with E-state index in [-0.39, 0.29) is 23.4 Å². The van der Waals surface area contributed by atoms with Crippen molar-refractivity contribution in [2.45, 2.75) is 62.2 Å². The van der Waals surface area contributed by atoms with Gasteiger partial charge < -0.3 is 0 Å². The van der Waals surface area contributed by atoms with Crippen LogP contribution in [0, 0.1) is 11.8 Å². The van der Waals surface area contributed by atoms with E-state index in [2.05, 4.69) is 4.98 Å². The summed E-state index contributed by atoms with van der Waals surface area (Å²) in [4.78, 5) is 17.4. The standard InChI is InChI=1S/C28H30ClNO3S/c29-27-18-30-17-22-7-6-20(14-25(22)27)15-28(31)26-16-24(26)21-8-10-23(11-9-21)34(32,33)13-12-19-4-2-1-3-5-19/h6-11,14,17-19,24,26H,1-5,12-13,15-16H2. The maximum atomic E-state index is 12.9. The minimum atomic E-state index is -3.26. The van der Waals surface area contributed by atoms with Gasteiger partial charge in [0, 0.05) is 35.5 Å². The van der Waals surface area contributed by atoms with E-state index in [1.807, 2.05) is 30.3 Å². The molecule has 2 aromatic carbocycles. The zero-order valence-corrected chi connectivity index (χ0v) is 20.8. The Labute approximate surface area is 206 Å². The van der Waals surface area contributed by atoms with Crippen LogP contribution in [0.3, 0.4) is 0 Å². The van der Waals surface area contributed by atoms with Crippen LogP contribution in [0.25, 0.3) is 10.8 Å². The lowest BCUT2D eigenvalue weighted by atomic mass is 9.88. The number of hydrogen-bond donors (Lipinski definition) is 0. The number of carbonyl (C=O) groups is 1. The third-order valence-corrected chi connectivity index (χ3v) is 9.61. The van der Waals surface area contributed by atoms with Gasteiger partial charge in [0.1, 0.15) is 5.78 Å². The van der Waals surface area contributed by atoms with E-state index in [0.29, 0.717) is 22.3 Å². The average Bonchev–Trinajstić information content (AvgIpc) is 3.65. The fourth-order valence-corrected chi connectivity index (χ4v) is 7.02. The van der Waals surface area contributed by atoms with Crippen LogP contribution in [0.5, 0.6) is 0 Å². The molecule has 34 heavy (non-hydrogen) atoms. The summed E-state index contributed by atoms with van der Waals surface area (Å²) in [5, 5.41) is 2.46. The van der Waals surface area contributed by atoms with Gasteiger partial charge in [0.25, 0.3) is 0 Å². The summed E-state index contributed by atoms with van der Waals surface area (Å²) in [5.74, 6) is 1.18. The Hall–Kier alpha value is -2.24. The van der Waals surface area contributed by atoms with Crippen LogP contribution in [0.4, 0.5) is 0 Å². The molecule has 0 spiro atoms. The molecule has 0 saturated heterocycles. The average molecular weight is 496 g/mol. The monoisotopic (exact) mass is 495 g/mol. The predicted octanol–water partition coefficient (Wildman–Crippen LogP) is 6.55. The Morgan fingerprint density at radius 2 is 1.76 bits per heavy atom. The molecule has 0 bridgehead atoms. The molecule has 2 saturated carbocycles. The number of ketones is 1. The third-order valence-electron chi connectivity index (χ3n) is 7.55. The molecule has 2 aliphatic rings. The van der Waals surface area contributed by atoms with Gasteiger partial charge >= 0.3 is 0 Å². The Morgan fingerprint density at radius 1 is 1.00 bits per heavy atom. The number of halogens is 1. The molecule has 6 heteroatoms. The molecule has 2 unspecified atom stereocenters. The molecule has 0 radical (unpaired) electrons. The normalized spacial score (nSPS) is 21.0. The van der Waals surface area contributed by atoms with Crippen LogP contribution in [0.2, 0.25) is 5.02 Å². The second-order valence-electron chi connectivity index (χ2n) is 9.95. The van der Waals surface area contributed by atoms with Gasteiger partial charge in [-0.25, -0.2) is 8.42 Å². The predicted molar refractivity (Wildman–Crippen MR) is 136 cm³/mol. The van der Waals surface area contributed by atoms with Gasteiger partial charge in [0.2, 0.25) is 0 Å². The van der Waals surface area contributed by atoms with Crippen molar-refractivity contribution in [3.8, 4) is 0 Å². The summed E-state index contributed by atoms with van der Waals surface area (Å²) in [5.41, 5.74) is 2.01. The molecular weight excluding hydrogens is 466 g/mol. The summed E-state index contributed by atoms with van der Waals surface area (Å²) in [6.45, 7) is 0. The van der Waals surface area contributed by atoms with Gasteiger partial charge in [0.05, 0.1) is 15.7 Å². The van der Waals surface area contributed by atoms with Gasteiger partial charge in [0.15, 0.2) is 9.84 Å². The van der Waals surface area contributed by atoms with E-state index in [4.69, 9.17) is 11.6 Å². The topological polar surface area (TPSA) is 64.1 Å². The van der Waals surface area contributed by atoms with Crippen LogP contribution in [0.1, 0.15) is 62.0 Å². The minimum Gasteiger partial charge on any atom is -0.299 e. The molecule has 0 aliphatic heterocycles. The Bertz CT molecular complexity index is 1300. The molecule has 2 fully saturated rings. The highest BCUT2D eigenvalue weighted by Gasteiger charge is 2.43. The number of carbonyl (C=O) groups excluding carboxylic acids is 1. The molecule has 2 atom stereocenters. The Morgan fingerprint density at radius 3 is 2.53 bits per heavy atom. The third kappa shape index (κ3) is 5.21. The van der Waals surface area contributed by atoms with Crippen molar-refractivity contribution < 1.29 is 13.2 Å². The highest BCUT2D eigenvalue weighted by atomic mass is 35.5. The van der Waals surface area contributed by atoms with E-state index in [0.717, 1.165) is 47.6 Å². The van der Waals surface area contributed by atoms with Gasteiger partial charge in [-0.15, -0.1) is 0 Å². The Kier molecular flexibility index (Phi) is 6.76. The zero-order chi connectivity index (χ0) is 23.7. The second kappa shape index (κ2) is 9.79. The molecular formula is C28H30ClNO3S. The minimum absolute atomic E-state index is 0.00244. The number of fused-ring (bicyclic) bond motifs is 1. The number of sulfone groups is 1. The van der Waals surface area contributed by atoms with Crippen molar-refractivity contribution in [1.29, 1.82) is 0 Å². The zero-order valence-electron chi connectivity index (χ0n) is 19.3. The van der Waals surface area contributed by atoms with Crippen LogP contribution in [-0.2, 0) is 21.1 Å². The summed E-state index contributed by atoms with van der Waals surface area (Å²) >= 11 is 6.26. The van der Waals surface area contributed by atoms with Gasteiger partial charge in [-0.3, -0.25) is 9.78 Å². The van der Waals surface area contributed by atoms with Crippen LogP contribution in [0.15, 0.2) is 59.8 Å². The highest BCUT2D eigenvalue weighted by Crippen LogP contribution is 2.48. The molecule has 4 nitrogen and oxygen atoms in total. The number of rotatable bonds is 8. The first-order chi connectivity index (χ1) is 16.4. The van der Waals surface area contributed by atoms with Gasteiger partial charge in [-0.2, -0.15) is 0 Å². The van der Waals surface area contributed by atoms with Crippen LogP contribution >= 0.6 is 11.6 Å². The van der Waals surface area contributed by atoms with Gasteiger partial charge in [-0.1, -0.05) is 68.0 Å². The van der Waals surface area contributed by atoms with Crippen molar-refractivity contribution >= 4 is 38.0 Å². The number of aromatic nitrogens is 1. The molecule has 5 rings (SSSR count). The lowest BCUT2D eigenvalue weighted by molar-refractivity contribution is -0.119. The smallest absolute Gasteiger partial charge is 0.178 e. The number of pyridine rings is 1. The van der Waals surface area contributed by atoms with Crippen molar-refractivity contribution in [1.82, 2.24) is 4.98 Å². The van der Waals surface area contributed by atoms with Crippen LogP contribution < -0.4 is 0 Å². The largest absolute Gasteiger partial charge is 0.299 e. The summed E-state index contributed by atoms with van der Waals surface area (Å²) in [6.07, 6.45) is 11.4. The first kappa shape index (κ1) is 23.5. The Balaban J connectivity index is 1.19. The number of hydrogen-bond acceptors (Lipinski definition) is 4. The molecule has 2 aliphatic carbocycles. The van der Waals surface area contributed by atoms with Crippen molar-refractivity contribution in [2.24, 2.45) is 11.8 Å². The maximum Gasteiger partial charge on any atom is 0.178 e. The first-order valence-corrected chi connectivity index (χ1v) is 14.3. The lowest BCUT2D eigenvalue weighted by Gasteiger charge is -2.21. The number of Topliss-reactive ketones (excluding diaryl/α,β-unsaturated/α-hetero) is 1. The fourth-order valence-electron chi connectivity index (χ4n) is 5.37.